The van der Waals surface area contributed by atoms with E-state index < -0.39 is 0 Å². The van der Waals surface area contributed by atoms with Gasteiger partial charge in [0.15, 0.2) is 17.8 Å². The number of amides is 1. The number of aldehydes is 1. The van der Waals surface area contributed by atoms with Gasteiger partial charge >= 0.3 is 0 Å². The van der Waals surface area contributed by atoms with Crippen molar-refractivity contribution in [2.24, 2.45) is 0 Å². The van der Waals surface area contributed by atoms with Gasteiger partial charge in [0.1, 0.15) is 0 Å². The van der Waals surface area contributed by atoms with Gasteiger partial charge in [0.2, 0.25) is 5.91 Å². The second-order valence-electron chi connectivity index (χ2n) is 5.94. The zero-order valence-corrected chi connectivity index (χ0v) is 15.2. The molecule has 2 rings (SSSR count). The van der Waals surface area contributed by atoms with Crippen LogP contribution in [0, 0.1) is 0 Å². The lowest BCUT2D eigenvalue weighted by atomic mass is 10.2. The molecule has 1 amide bonds. The molecule has 144 valence electrons. The van der Waals surface area contributed by atoms with Crippen LogP contribution < -0.4 is 10.1 Å². The molecule has 27 heavy (non-hydrogen) atoms. The number of nitrogens with zero attached hydrogens (tertiary/aromatic N) is 1. The minimum atomic E-state index is -0.215. The predicted molar refractivity (Wildman–Crippen MR) is 102 cm³/mol. The first-order chi connectivity index (χ1) is 13.1. The molecule has 0 aliphatic heterocycles. The maximum Gasteiger partial charge on any atom is 0.243 e. The fourth-order valence-electron chi connectivity index (χ4n) is 2.68. The van der Waals surface area contributed by atoms with Gasteiger partial charge in [-0.25, -0.2) is 0 Å². The lowest BCUT2D eigenvalue weighted by molar-refractivity contribution is -0.116. The molecule has 1 heterocycles. The van der Waals surface area contributed by atoms with Crippen LogP contribution in [-0.2, 0) is 17.9 Å². The number of carbonyl (C=O) groups excluding carboxylic acids is 2. The molecule has 0 aliphatic carbocycles. The number of hydrogen-bond acceptors (Lipinski definition) is 5. The molecule has 0 saturated heterocycles. The third-order valence-corrected chi connectivity index (χ3v) is 4.13. The van der Waals surface area contributed by atoms with Gasteiger partial charge < -0.3 is 24.8 Å². The van der Waals surface area contributed by atoms with Gasteiger partial charge in [-0.2, -0.15) is 0 Å². The fourth-order valence-corrected chi connectivity index (χ4v) is 2.68. The summed E-state index contributed by atoms with van der Waals surface area (Å²) in [6.07, 6.45) is 5.34. The van der Waals surface area contributed by atoms with Gasteiger partial charge in [-0.1, -0.05) is 6.07 Å². The van der Waals surface area contributed by atoms with Crippen LogP contribution in [0.5, 0.6) is 11.5 Å². The minimum absolute atomic E-state index is 0.0453. The van der Waals surface area contributed by atoms with Crippen molar-refractivity contribution in [2.75, 3.05) is 13.7 Å². The molecule has 0 fully saturated rings. The van der Waals surface area contributed by atoms with E-state index in [0.29, 0.717) is 30.2 Å². The molecule has 3 N–H and O–H groups in total. The lowest BCUT2D eigenvalue weighted by Crippen LogP contribution is -2.22. The number of rotatable bonds is 10. The first-order valence-electron chi connectivity index (χ1n) is 8.66. The number of methoxy groups -OCH3 is 1. The minimum Gasteiger partial charge on any atom is -0.504 e. The van der Waals surface area contributed by atoms with Gasteiger partial charge in [0.05, 0.1) is 19.4 Å². The van der Waals surface area contributed by atoms with E-state index in [0.717, 1.165) is 24.7 Å². The summed E-state index contributed by atoms with van der Waals surface area (Å²) >= 11 is 0. The van der Waals surface area contributed by atoms with E-state index in [1.807, 2.05) is 0 Å². The van der Waals surface area contributed by atoms with Crippen LogP contribution in [0.3, 0.4) is 0 Å². The SMILES string of the molecule is COc1cc(/C=C/C(=O)NCCCCn2c(C=O)ccc2CO)ccc1O. The highest BCUT2D eigenvalue weighted by Crippen LogP contribution is 2.26. The van der Waals surface area contributed by atoms with Crippen LogP contribution in [0.15, 0.2) is 36.4 Å². The van der Waals surface area contributed by atoms with Crippen molar-refractivity contribution in [3.05, 3.63) is 53.4 Å². The molecule has 0 saturated carbocycles. The van der Waals surface area contributed by atoms with Crippen LogP contribution in [-0.4, -0.2) is 40.6 Å². The summed E-state index contributed by atoms with van der Waals surface area (Å²) in [6.45, 7) is 1.00. The molecule has 1 aromatic heterocycles. The Bertz CT molecular complexity index is 811. The molecule has 1 aromatic carbocycles. The van der Waals surface area contributed by atoms with Crippen molar-refractivity contribution in [2.45, 2.75) is 26.0 Å². The Morgan fingerprint density at radius 2 is 2.07 bits per heavy atom. The van der Waals surface area contributed by atoms with Crippen LogP contribution in [0.4, 0.5) is 0 Å². The van der Waals surface area contributed by atoms with Crippen LogP contribution >= 0.6 is 0 Å². The number of aromatic nitrogens is 1. The molecule has 0 aliphatic rings. The average molecular weight is 372 g/mol. The van der Waals surface area contributed by atoms with Crippen LogP contribution in [0.25, 0.3) is 6.08 Å². The summed E-state index contributed by atoms with van der Waals surface area (Å²) in [4.78, 5) is 22.9. The maximum absolute atomic E-state index is 11.9. The molecule has 0 bridgehead atoms. The molecular weight excluding hydrogens is 348 g/mol. The average Bonchev–Trinajstić information content (AvgIpc) is 3.09. The summed E-state index contributed by atoms with van der Waals surface area (Å²) < 4.78 is 6.81. The molecule has 7 heteroatoms. The summed E-state index contributed by atoms with van der Waals surface area (Å²) in [5.41, 5.74) is 1.98. The fraction of sp³-hybridized carbons (Fsp3) is 0.300. The van der Waals surface area contributed by atoms with Gasteiger partial charge in [-0.3, -0.25) is 9.59 Å². The highest BCUT2D eigenvalue weighted by Gasteiger charge is 2.06. The number of hydrogen-bond donors (Lipinski definition) is 3. The number of aliphatic hydroxyl groups excluding tert-OH is 1. The van der Waals surface area contributed by atoms with Crippen molar-refractivity contribution in [3.8, 4) is 11.5 Å². The first-order valence-corrected chi connectivity index (χ1v) is 8.66. The normalized spacial score (nSPS) is 10.9. The molecular formula is C20H24N2O5. The zero-order chi connectivity index (χ0) is 19.6. The highest BCUT2D eigenvalue weighted by atomic mass is 16.5. The number of unbranched alkanes of at least 4 members (excludes halogenated alkanes) is 1. The zero-order valence-electron chi connectivity index (χ0n) is 15.2. The Balaban J connectivity index is 1.75. The monoisotopic (exact) mass is 372 g/mol. The number of phenols is 1. The summed E-state index contributed by atoms with van der Waals surface area (Å²) in [5, 5.41) is 21.6. The van der Waals surface area contributed by atoms with Crippen molar-refractivity contribution < 1.29 is 24.5 Å². The smallest absolute Gasteiger partial charge is 0.243 e. The highest BCUT2D eigenvalue weighted by molar-refractivity contribution is 5.91. The Kier molecular flexibility index (Phi) is 7.63. The second kappa shape index (κ2) is 10.2. The van der Waals surface area contributed by atoms with Crippen molar-refractivity contribution in [1.29, 1.82) is 0 Å². The number of carbonyl (C=O) groups is 2. The Hall–Kier alpha value is -3.06. The third-order valence-electron chi connectivity index (χ3n) is 4.13. The van der Waals surface area contributed by atoms with E-state index in [9.17, 15) is 19.8 Å². The summed E-state index contributed by atoms with van der Waals surface area (Å²) in [7, 11) is 1.46. The quantitative estimate of drug-likeness (QED) is 0.337. The largest absolute Gasteiger partial charge is 0.504 e. The van der Waals surface area contributed by atoms with Crippen molar-refractivity contribution in [1.82, 2.24) is 9.88 Å². The van der Waals surface area contributed by atoms with Gasteiger partial charge in [0, 0.05) is 24.9 Å². The first kappa shape index (κ1) is 20.3. The topological polar surface area (TPSA) is 101 Å². The molecule has 0 unspecified atom stereocenters. The molecule has 0 atom stereocenters. The summed E-state index contributed by atoms with van der Waals surface area (Å²) in [6, 6.07) is 8.24. The Labute approximate surface area is 157 Å². The standard InChI is InChI=1S/C20H24N2O5/c1-27-19-12-15(4-8-18(19)25)5-9-20(26)21-10-2-3-11-22-16(13-23)6-7-17(22)14-24/h4-9,12-13,24-25H,2-3,10-11,14H2,1H3,(H,21,26)/b9-5+. The Morgan fingerprint density at radius 3 is 2.78 bits per heavy atom. The number of aliphatic hydroxyl groups is 1. The number of ether oxygens (including phenoxy) is 1. The molecule has 7 nitrogen and oxygen atoms in total. The van der Waals surface area contributed by atoms with E-state index in [1.165, 1.54) is 19.3 Å². The van der Waals surface area contributed by atoms with Crippen molar-refractivity contribution >= 4 is 18.3 Å². The van der Waals surface area contributed by atoms with Crippen molar-refractivity contribution in [3.63, 3.8) is 0 Å². The number of benzene rings is 1. The van der Waals surface area contributed by atoms with E-state index in [4.69, 9.17) is 4.74 Å². The number of aromatic hydroxyl groups is 1. The lowest BCUT2D eigenvalue weighted by Gasteiger charge is -2.09. The maximum atomic E-state index is 11.9. The number of nitrogens with one attached hydrogen (secondary N) is 1. The van der Waals surface area contributed by atoms with Gasteiger partial charge in [0.25, 0.3) is 0 Å². The van der Waals surface area contributed by atoms with E-state index >= 15 is 0 Å². The van der Waals surface area contributed by atoms with Crippen LogP contribution in [0.2, 0.25) is 0 Å². The molecule has 0 radical (unpaired) electrons. The van der Waals surface area contributed by atoms with E-state index in [1.54, 1.807) is 34.9 Å². The molecule has 2 aromatic rings. The van der Waals surface area contributed by atoms with E-state index in [2.05, 4.69) is 5.32 Å². The predicted octanol–water partition coefficient (Wildman–Crippen LogP) is 2.12. The van der Waals surface area contributed by atoms with E-state index in [-0.39, 0.29) is 18.3 Å². The van der Waals surface area contributed by atoms with Gasteiger partial charge in [-0.05, 0) is 48.7 Å². The second-order valence-corrected chi connectivity index (χ2v) is 5.94. The number of phenolic OH excluding ortho intramolecular Hbond substituents is 1. The third kappa shape index (κ3) is 5.72. The summed E-state index contributed by atoms with van der Waals surface area (Å²) in [5.74, 6) is 0.177. The van der Waals surface area contributed by atoms with Crippen LogP contribution in [0.1, 0.15) is 34.6 Å². The Morgan fingerprint density at radius 1 is 1.26 bits per heavy atom. The van der Waals surface area contributed by atoms with Gasteiger partial charge in [-0.15, -0.1) is 0 Å². The molecule has 0 spiro atoms.